The Bertz CT molecular complexity index is 247. The fourth-order valence-electron chi connectivity index (χ4n) is 4.26. The summed E-state index contributed by atoms with van der Waals surface area (Å²) in [5.41, 5.74) is 0. The Hall–Kier alpha value is -0.0800. The largest absolute Gasteiger partial charge is 0.378 e. The minimum atomic E-state index is 0.595. The summed E-state index contributed by atoms with van der Waals surface area (Å²) in [5.74, 6) is 0.834. The zero-order valence-corrected chi connectivity index (χ0v) is 11.8. The van der Waals surface area contributed by atoms with E-state index in [1.165, 1.54) is 77.3 Å². The van der Waals surface area contributed by atoms with Crippen LogP contribution in [0.4, 0.5) is 0 Å². The number of rotatable bonds is 3. The first-order valence-corrected chi connectivity index (χ1v) is 8.29. The van der Waals surface area contributed by atoms with Gasteiger partial charge < -0.3 is 9.64 Å². The minimum absolute atomic E-state index is 0.595. The van der Waals surface area contributed by atoms with Gasteiger partial charge in [0.1, 0.15) is 0 Å². The highest BCUT2D eigenvalue weighted by atomic mass is 16.5. The van der Waals surface area contributed by atoms with Gasteiger partial charge in [-0.05, 0) is 57.5 Å². The lowest BCUT2D eigenvalue weighted by molar-refractivity contribution is -0.0359. The molecule has 0 aromatic rings. The maximum Gasteiger partial charge on any atom is 0.0575 e. The van der Waals surface area contributed by atoms with Crippen LogP contribution in [0.2, 0.25) is 0 Å². The van der Waals surface area contributed by atoms with E-state index in [2.05, 4.69) is 4.90 Å². The fraction of sp³-hybridized carbons (Fsp3) is 1.00. The Morgan fingerprint density at radius 2 is 1.56 bits per heavy atom. The monoisotopic (exact) mass is 251 g/mol. The van der Waals surface area contributed by atoms with Gasteiger partial charge in [-0.2, -0.15) is 0 Å². The van der Waals surface area contributed by atoms with Crippen LogP contribution >= 0.6 is 0 Å². The number of fused-ring (bicyclic) bond motifs is 1. The molecule has 0 amide bonds. The molecule has 2 heteroatoms. The van der Waals surface area contributed by atoms with Gasteiger partial charge in [-0.3, -0.25) is 0 Å². The van der Waals surface area contributed by atoms with Gasteiger partial charge in [-0.1, -0.05) is 25.7 Å². The maximum absolute atomic E-state index is 6.24. The lowest BCUT2D eigenvalue weighted by atomic mass is 9.84. The Labute approximate surface area is 112 Å². The summed E-state index contributed by atoms with van der Waals surface area (Å²) in [6.45, 7) is 3.75. The van der Waals surface area contributed by atoms with Gasteiger partial charge in [0.15, 0.2) is 0 Å². The highest BCUT2D eigenvalue weighted by Crippen LogP contribution is 2.32. The zero-order valence-electron chi connectivity index (χ0n) is 11.8. The predicted octanol–water partition coefficient (Wildman–Crippen LogP) is 3.60. The van der Waals surface area contributed by atoms with Crippen LogP contribution in [-0.2, 0) is 4.74 Å². The molecular formula is C16H29NO. The normalized spacial score (nSPS) is 35.3. The van der Waals surface area contributed by atoms with Crippen molar-refractivity contribution in [3.63, 3.8) is 0 Å². The van der Waals surface area contributed by atoms with E-state index in [-0.39, 0.29) is 0 Å². The van der Waals surface area contributed by atoms with Gasteiger partial charge in [0.25, 0.3) is 0 Å². The molecule has 2 aliphatic heterocycles. The van der Waals surface area contributed by atoms with Crippen LogP contribution in [0.1, 0.15) is 64.2 Å². The summed E-state index contributed by atoms with van der Waals surface area (Å²) in [7, 11) is 0. The fourth-order valence-corrected chi connectivity index (χ4v) is 4.26. The Morgan fingerprint density at radius 3 is 2.44 bits per heavy atom. The number of piperidine rings is 2. The number of hydrogen-bond acceptors (Lipinski definition) is 2. The summed E-state index contributed by atoms with van der Waals surface area (Å²) < 4.78 is 6.24. The summed E-state index contributed by atoms with van der Waals surface area (Å²) in [6, 6.07) is 0.857. The lowest BCUT2D eigenvalue weighted by Gasteiger charge is -2.44. The summed E-state index contributed by atoms with van der Waals surface area (Å²) in [6.07, 6.45) is 14.6. The first kappa shape index (κ1) is 12.9. The maximum atomic E-state index is 6.24. The molecule has 2 atom stereocenters. The topological polar surface area (TPSA) is 12.5 Å². The van der Waals surface area contributed by atoms with Gasteiger partial charge >= 0.3 is 0 Å². The van der Waals surface area contributed by atoms with Crippen molar-refractivity contribution in [3.8, 4) is 0 Å². The number of hydrogen-bond donors (Lipinski definition) is 0. The van der Waals surface area contributed by atoms with E-state index in [1.54, 1.807) is 0 Å². The summed E-state index contributed by atoms with van der Waals surface area (Å²) in [5, 5.41) is 0. The van der Waals surface area contributed by atoms with Gasteiger partial charge in [0, 0.05) is 6.04 Å². The molecule has 0 aromatic carbocycles. The van der Waals surface area contributed by atoms with E-state index in [9.17, 15) is 0 Å². The van der Waals surface area contributed by atoms with Crippen molar-refractivity contribution in [2.75, 3.05) is 19.7 Å². The second kappa shape index (κ2) is 6.38. The molecule has 0 unspecified atom stereocenters. The average molecular weight is 251 g/mol. The molecule has 104 valence electrons. The molecule has 0 N–H and O–H groups in total. The van der Waals surface area contributed by atoms with Crippen molar-refractivity contribution in [3.05, 3.63) is 0 Å². The quantitative estimate of drug-likeness (QED) is 0.760. The molecule has 2 saturated heterocycles. The molecule has 0 bridgehead atoms. The van der Waals surface area contributed by atoms with Gasteiger partial charge in [-0.25, -0.2) is 0 Å². The Morgan fingerprint density at radius 1 is 0.778 bits per heavy atom. The molecule has 3 aliphatic rings. The van der Waals surface area contributed by atoms with Gasteiger partial charge in [0.05, 0.1) is 12.7 Å². The van der Waals surface area contributed by atoms with E-state index >= 15 is 0 Å². The molecule has 1 saturated carbocycles. The van der Waals surface area contributed by atoms with Crippen LogP contribution in [0.15, 0.2) is 0 Å². The van der Waals surface area contributed by atoms with Crippen molar-refractivity contribution in [1.29, 1.82) is 0 Å². The Kier molecular flexibility index (Phi) is 4.58. The molecular weight excluding hydrogens is 222 g/mol. The summed E-state index contributed by atoms with van der Waals surface area (Å²) >= 11 is 0. The van der Waals surface area contributed by atoms with Crippen LogP contribution < -0.4 is 0 Å². The summed E-state index contributed by atoms with van der Waals surface area (Å²) in [4.78, 5) is 2.75. The highest BCUT2D eigenvalue weighted by molar-refractivity contribution is 4.87. The molecule has 0 spiro atoms. The molecule has 18 heavy (non-hydrogen) atoms. The molecule has 3 rings (SSSR count). The SMILES string of the molecule is C1CCC(OC[C@H]2CCCN3CCCC[C@@H]23)CC1. The van der Waals surface area contributed by atoms with Gasteiger partial charge in [-0.15, -0.1) is 0 Å². The van der Waals surface area contributed by atoms with E-state index in [0.29, 0.717) is 6.10 Å². The molecule has 2 heterocycles. The first-order valence-electron chi connectivity index (χ1n) is 8.29. The second-order valence-electron chi connectivity index (χ2n) is 6.59. The molecule has 3 fully saturated rings. The van der Waals surface area contributed by atoms with E-state index < -0.39 is 0 Å². The Balaban J connectivity index is 1.48. The van der Waals surface area contributed by atoms with Crippen LogP contribution in [0.5, 0.6) is 0 Å². The molecule has 0 aromatic heterocycles. The zero-order chi connectivity index (χ0) is 12.2. The standard InChI is InChI=1S/C16H29NO/c1-2-8-15(9-3-1)18-13-14-7-6-12-17-11-5-4-10-16(14)17/h14-16H,1-13H2/t14-,16+/m1/s1. The lowest BCUT2D eigenvalue weighted by Crippen LogP contribution is -2.49. The molecule has 1 aliphatic carbocycles. The molecule has 0 radical (unpaired) electrons. The average Bonchev–Trinajstić information content (AvgIpc) is 2.46. The van der Waals surface area contributed by atoms with Crippen molar-refractivity contribution in [2.45, 2.75) is 76.4 Å². The van der Waals surface area contributed by atoms with Crippen LogP contribution in [-0.4, -0.2) is 36.7 Å². The van der Waals surface area contributed by atoms with Gasteiger partial charge in [0.2, 0.25) is 0 Å². The third-order valence-electron chi connectivity index (χ3n) is 5.33. The van der Waals surface area contributed by atoms with E-state index in [0.717, 1.165) is 18.6 Å². The van der Waals surface area contributed by atoms with Crippen LogP contribution in [0.3, 0.4) is 0 Å². The number of ether oxygens (including phenoxy) is 1. The molecule has 2 nitrogen and oxygen atoms in total. The minimum Gasteiger partial charge on any atom is -0.378 e. The van der Waals surface area contributed by atoms with Crippen molar-refractivity contribution in [2.24, 2.45) is 5.92 Å². The highest BCUT2D eigenvalue weighted by Gasteiger charge is 2.33. The third kappa shape index (κ3) is 3.08. The van der Waals surface area contributed by atoms with Crippen molar-refractivity contribution in [1.82, 2.24) is 4.90 Å². The van der Waals surface area contributed by atoms with Crippen molar-refractivity contribution < 1.29 is 4.74 Å². The second-order valence-corrected chi connectivity index (χ2v) is 6.59. The third-order valence-corrected chi connectivity index (χ3v) is 5.33. The van der Waals surface area contributed by atoms with Crippen LogP contribution in [0.25, 0.3) is 0 Å². The smallest absolute Gasteiger partial charge is 0.0575 e. The first-order chi connectivity index (χ1) is 8.93. The predicted molar refractivity (Wildman–Crippen MR) is 74.8 cm³/mol. The number of nitrogens with zero attached hydrogens (tertiary/aromatic N) is 1. The van der Waals surface area contributed by atoms with Crippen LogP contribution in [0, 0.1) is 5.92 Å². The van der Waals surface area contributed by atoms with E-state index in [1.807, 2.05) is 0 Å². The van der Waals surface area contributed by atoms with Crippen molar-refractivity contribution >= 4 is 0 Å². The van der Waals surface area contributed by atoms with E-state index in [4.69, 9.17) is 4.74 Å².